The van der Waals surface area contributed by atoms with Crippen molar-refractivity contribution < 1.29 is 4.79 Å². The monoisotopic (exact) mass is 326 g/mol. The first-order chi connectivity index (χ1) is 11.2. The summed E-state index contributed by atoms with van der Waals surface area (Å²) in [5, 5.41) is 8.97. The number of thiophene rings is 1. The summed E-state index contributed by atoms with van der Waals surface area (Å²) in [5.74, 6) is 0.131. The van der Waals surface area contributed by atoms with Crippen molar-refractivity contribution in [3.05, 3.63) is 47.0 Å². The van der Waals surface area contributed by atoms with Crippen molar-refractivity contribution in [3.63, 3.8) is 0 Å². The molecule has 6 heteroatoms. The number of carbonyl (C=O) groups excluding carboxylic acids is 1. The van der Waals surface area contributed by atoms with Crippen LogP contribution in [0, 0.1) is 6.92 Å². The van der Waals surface area contributed by atoms with Crippen molar-refractivity contribution in [1.29, 1.82) is 0 Å². The summed E-state index contributed by atoms with van der Waals surface area (Å²) in [6, 6.07) is 12.0. The number of nitrogens with zero attached hydrogens (tertiary/aromatic N) is 3. The number of amides is 1. The van der Waals surface area contributed by atoms with Gasteiger partial charge in [0.2, 0.25) is 0 Å². The molecule has 1 aliphatic rings. The fourth-order valence-corrected chi connectivity index (χ4v) is 4.07. The van der Waals surface area contributed by atoms with Crippen LogP contribution in [0.5, 0.6) is 0 Å². The lowest BCUT2D eigenvalue weighted by atomic mass is 10.2. The minimum atomic E-state index is 0.131. The maximum Gasteiger partial charge on any atom is 0.264 e. The molecule has 1 N–H and O–H groups in total. The molecule has 5 nitrogen and oxygen atoms in total. The number of fused-ring (bicyclic) bond motifs is 1. The van der Waals surface area contributed by atoms with Gasteiger partial charge in [0, 0.05) is 31.6 Å². The lowest BCUT2D eigenvalue weighted by Gasteiger charge is -2.26. The van der Waals surface area contributed by atoms with Gasteiger partial charge in [-0.1, -0.05) is 18.2 Å². The highest BCUT2D eigenvalue weighted by molar-refractivity contribution is 7.20. The molecule has 1 saturated heterocycles. The smallest absolute Gasteiger partial charge is 0.264 e. The molecular weight excluding hydrogens is 308 g/mol. The second kappa shape index (κ2) is 5.79. The Balaban J connectivity index is 1.75. The highest BCUT2D eigenvalue weighted by Gasteiger charge is 2.22. The quantitative estimate of drug-likeness (QED) is 0.787. The summed E-state index contributed by atoms with van der Waals surface area (Å²) in [6.45, 7) is 5.28. The number of piperazine rings is 1. The van der Waals surface area contributed by atoms with E-state index < -0.39 is 0 Å². The SMILES string of the molecule is Cc1nn(-c2ccccc2)c2sc(C(=O)N3CCNCC3)cc12. The fourth-order valence-electron chi connectivity index (χ4n) is 2.92. The minimum Gasteiger partial charge on any atom is -0.335 e. The largest absolute Gasteiger partial charge is 0.335 e. The van der Waals surface area contributed by atoms with Crippen LogP contribution >= 0.6 is 11.3 Å². The van der Waals surface area contributed by atoms with Crippen LogP contribution in [0.2, 0.25) is 0 Å². The molecule has 0 spiro atoms. The van der Waals surface area contributed by atoms with Crippen LogP contribution in [0.3, 0.4) is 0 Å². The van der Waals surface area contributed by atoms with E-state index in [0.717, 1.165) is 52.7 Å². The third-order valence-electron chi connectivity index (χ3n) is 4.16. The number of aromatic nitrogens is 2. The molecule has 3 heterocycles. The molecule has 1 amide bonds. The van der Waals surface area contributed by atoms with Crippen LogP contribution in [-0.4, -0.2) is 46.8 Å². The Labute approximate surface area is 138 Å². The molecule has 2 aromatic heterocycles. The van der Waals surface area contributed by atoms with E-state index >= 15 is 0 Å². The molecule has 1 aliphatic heterocycles. The fraction of sp³-hybridized carbons (Fsp3) is 0.294. The molecule has 0 radical (unpaired) electrons. The summed E-state index contributed by atoms with van der Waals surface area (Å²) in [7, 11) is 0. The maximum atomic E-state index is 12.7. The van der Waals surface area contributed by atoms with E-state index in [2.05, 4.69) is 10.4 Å². The molecule has 3 aromatic rings. The van der Waals surface area contributed by atoms with Gasteiger partial charge in [0.05, 0.1) is 16.3 Å². The number of rotatable bonds is 2. The van der Waals surface area contributed by atoms with E-state index in [9.17, 15) is 4.79 Å². The molecule has 0 atom stereocenters. The molecule has 0 unspecified atom stereocenters. The minimum absolute atomic E-state index is 0.131. The number of hydrogen-bond acceptors (Lipinski definition) is 4. The lowest BCUT2D eigenvalue weighted by Crippen LogP contribution is -2.46. The van der Waals surface area contributed by atoms with Crippen molar-refractivity contribution in [2.45, 2.75) is 6.92 Å². The number of nitrogens with one attached hydrogen (secondary N) is 1. The highest BCUT2D eigenvalue weighted by atomic mass is 32.1. The van der Waals surface area contributed by atoms with Crippen LogP contribution in [0.25, 0.3) is 15.9 Å². The van der Waals surface area contributed by atoms with E-state index in [1.54, 1.807) is 0 Å². The molecule has 4 rings (SSSR count). The molecule has 1 aromatic carbocycles. The number of para-hydroxylation sites is 1. The number of hydrogen-bond donors (Lipinski definition) is 1. The van der Waals surface area contributed by atoms with Gasteiger partial charge in [0.1, 0.15) is 4.83 Å². The average Bonchev–Trinajstić information content (AvgIpc) is 3.17. The van der Waals surface area contributed by atoms with Gasteiger partial charge in [-0.2, -0.15) is 5.10 Å². The third kappa shape index (κ3) is 2.54. The summed E-state index contributed by atoms with van der Waals surface area (Å²) in [6.07, 6.45) is 0. The zero-order valence-corrected chi connectivity index (χ0v) is 13.8. The van der Waals surface area contributed by atoms with Gasteiger partial charge in [0.15, 0.2) is 0 Å². The van der Waals surface area contributed by atoms with E-state index in [1.165, 1.54) is 11.3 Å². The van der Waals surface area contributed by atoms with Gasteiger partial charge < -0.3 is 10.2 Å². The van der Waals surface area contributed by atoms with Gasteiger partial charge in [-0.15, -0.1) is 11.3 Å². The number of benzene rings is 1. The number of aryl methyl sites for hydroxylation is 1. The molecule has 0 aliphatic carbocycles. The van der Waals surface area contributed by atoms with Gasteiger partial charge in [-0.25, -0.2) is 4.68 Å². The van der Waals surface area contributed by atoms with Crippen molar-refractivity contribution in [3.8, 4) is 5.69 Å². The second-order valence-electron chi connectivity index (χ2n) is 5.70. The standard InChI is InChI=1S/C17H18N4OS/c1-12-14-11-15(16(22)20-9-7-18-8-10-20)23-17(14)21(19-12)13-5-3-2-4-6-13/h2-6,11,18H,7-10H2,1H3. The van der Waals surface area contributed by atoms with Crippen molar-refractivity contribution >= 4 is 27.5 Å². The second-order valence-corrected chi connectivity index (χ2v) is 6.74. The Morgan fingerprint density at radius 2 is 1.96 bits per heavy atom. The molecule has 23 heavy (non-hydrogen) atoms. The maximum absolute atomic E-state index is 12.7. The molecule has 0 saturated carbocycles. The Hall–Kier alpha value is -2.18. The zero-order valence-electron chi connectivity index (χ0n) is 13.0. The van der Waals surface area contributed by atoms with Gasteiger partial charge in [-0.05, 0) is 25.1 Å². The van der Waals surface area contributed by atoms with Crippen molar-refractivity contribution in [1.82, 2.24) is 20.0 Å². The van der Waals surface area contributed by atoms with Crippen LogP contribution < -0.4 is 5.32 Å². The van der Waals surface area contributed by atoms with E-state index in [0.29, 0.717) is 0 Å². The lowest BCUT2D eigenvalue weighted by molar-refractivity contribution is 0.0741. The van der Waals surface area contributed by atoms with Gasteiger partial charge in [-0.3, -0.25) is 4.79 Å². The molecular formula is C17H18N4OS. The Morgan fingerprint density at radius 1 is 1.22 bits per heavy atom. The van der Waals surface area contributed by atoms with Crippen LogP contribution in [-0.2, 0) is 0 Å². The Kier molecular flexibility index (Phi) is 3.63. The van der Waals surface area contributed by atoms with E-state index in [1.807, 2.05) is 52.9 Å². The summed E-state index contributed by atoms with van der Waals surface area (Å²) in [5.41, 5.74) is 1.98. The predicted octanol–water partition coefficient (Wildman–Crippen LogP) is 2.44. The summed E-state index contributed by atoms with van der Waals surface area (Å²) in [4.78, 5) is 16.5. The first-order valence-electron chi connectivity index (χ1n) is 7.78. The van der Waals surface area contributed by atoms with Crippen LogP contribution in [0.15, 0.2) is 36.4 Å². The molecule has 1 fully saturated rings. The normalized spacial score (nSPS) is 15.3. The number of carbonyl (C=O) groups is 1. The van der Waals surface area contributed by atoms with Gasteiger partial charge >= 0.3 is 0 Å². The zero-order chi connectivity index (χ0) is 15.8. The van der Waals surface area contributed by atoms with E-state index in [4.69, 9.17) is 0 Å². The van der Waals surface area contributed by atoms with E-state index in [-0.39, 0.29) is 5.91 Å². The molecule has 0 bridgehead atoms. The molecule has 118 valence electrons. The van der Waals surface area contributed by atoms with Crippen molar-refractivity contribution in [2.75, 3.05) is 26.2 Å². The summed E-state index contributed by atoms with van der Waals surface area (Å²) >= 11 is 1.53. The van der Waals surface area contributed by atoms with Gasteiger partial charge in [0.25, 0.3) is 5.91 Å². The Morgan fingerprint density at radius 3 is 2.70 bits per heavy atom. The topological polar surface area (TPSA) is 50.2 Å². The van der Waals surface area contributed by atoms with Crippen molar-refractivity contribution in [2.24, 2.45) is 0 Å². The average molecular weight is 326 g/mol. The Bertz CT molecular complexity index is 846. The van der Waals surface area contributed by atoms with Crippen LogP contribution in [0.1, 0.15) is 15.4 Å². The predicted molar refractivity (Wildman–Crippen MR) is 92.5 cm³/mol. The van der Waals surface area contributed by atoms with Crippen LogP contribution in [0.4, 0.5) is 0 Å². The first kappa shape index (κ1) is 14.4. The third-order valence-corrected chi connectivity index (χ3v) is 5.26. The highest BCUT2D eigenvalue weighted by Crippen LogP contribution is 2.31. The summed E-state index contributed by atoms with van der Waals surface area (Å²) < 4.78 is 1.93. The first-order valence-corrected chi connectivity index (χ1v) is 8.60.